The Labute approximate surface area is 136 Å². The zero-order chi connectivity index (χ0) is 16.4. The summed E-state index contributed by atoms with van der Waals surface area (Å²) in [4.78, 5) is 12.5. The molecular formula is C19H21NO3. The number of carbonyl (C=O) groups excluding carboxylic acids is 1. The van der Waals surface area contributed by atoms with Gasteiger partial charge in [-0.2, -0.15) is 0 Å². The molecule has 4 nitrogen and oxygen atoms in total. The molecule has 1 aliphatic rings. The Kier molecular flexibility index (Phi) is 4.24. The number of nitrogens with one attached hydrogen (secondary N) is 1. The second-order valence-corrected chi connectivity index (χ2v) is 5.95. The number of rotatable bonds is 3. The van der Waals surface area contributed by atoms with E-state index in [1.165, 1.54) is 11.1 Å². The van der Waals surface area contributed by atoms with Gasteiger partial charge in [-0.25, -0.2) is 0 Å². The molecule has 2 aromatic carbocycles. The van der Waals surface area contributed by atoms with E-state index in [9.17, 15) is 4.79 Å². The molecule has 0 spiro atoms. The van der Waals surface area contributed by atoms with E-state index in [0.717, 1.165) is 5.56 Å². The minimum absolute atomic E-state index is 0.0797. The summed E-state index contributed by atoms with van der Waals surface area (Å²) in [5.74, 6) is 1.13. The molecule has 0 fully saturated rings. The molecule has 0 aliphatic carbocycles. The summed E-state index contributed by atoms with van der Waals surface area (Å²) in [7, 11) is 0. The highest BCUT2D eigenvalue weighted by atomic mass is 16.6. The van der Waals surface area contributed by atoms with Gasteiger partial charge in [0.05, 0.1) is 6.04 Å². The van der Waals surface area contributed by atoms with Gasteiger partial charge in [-0.15, -0.1) is 0 Å². The summed E-state index contributed by atoms with van der Waals surface area (Å²) in [6, 6.07) is 13.5. The van der Waals surface area contributed by atoms with Gasteiger partial charge in [0.2, 0.25) is 6.10 Å². The molecule has 2 atom stereocenters. The molecular weight excluding hydrogens is 290 g/mol. The van der Waals surface area contributed by atoms with Crippen molar-refractivity contribution in [2.75, 3.05) is 6.61 Å². The lowest BCUT2D eigenvalue weighted by molar-refractivity contribution is -0.131. The number of para-hydroxylation sites is 2. The molecule has 1 N–H and O–H groups in total. The number of hydrogen-bond acceptors (Lipinski definition) is 3. The van der Waals surface area contributed by atoms with Gasteiger partial charge in [-0.05, 0) is 44.0 Å². The highest BCUT2D eigenvalue weighted by Crippen LogP contribution is 2.31. The molecule has 0 bridgehead atoms. The third-order valence-corrected chi connectivity index (χ3v) is 4.05. The number of amides is 1. The first-order chi connectivity index (χ1) is 11.0. The van der Waals surface area contributed by atoms with Crippen molar-refractivity contribution >= 4 is 5.91 Å². The Morgan fingerprint density at radius 2 is 1.91 bits per heavy atom. The lowest BCUT2D eigenvalue weighted by atomic mass is 10.00. The molecule has 23 heavy (non-hydrogen) atoms. The Bertz CT molecular complexity index is 726. The fourth-order valence-corrected chi connectivity index (χ4v) is 2.84. The van der Waals surface area contributed by atoms with Crippen LogP contribution in [0.5, 0.6) is 11.5 Å². The van der Waals surface area contributed by atoms with E-state index in [1.54, 1.807) is 0 Å². The first-order valence-corrected chi connectivity index (χ1v) is 7.80. The van der Waals surface area contributed by atoms with Crippen molar-refractivity contribution in [1.82, 2.24) is 5.32 Å². The van der Waals surface area contributed by atoms with Crippen LogP contribution in [0.4, 0.5) is 0 Å². The van der Waals surface area contributed by atoms with Crippen molar-refractivity contribution in [3.63, 3.8) is 0 Å². The molecule has 2 aromatic rings. The summed E-state index contributed by atoms with van der Waals surface area (Å²) in [6.07, 6.45) is -0.627. The van der Waals surface area contributed by atoms with Crippen molar-refractivity contribution in [3.8, 4) is 11.5 Å². The summed E-state index contributed by atoms with van der Waals surface area (Å²) in [5, 5.41) is 3.01. The number of fused-ring (bicyclic) bond motifs is 1. The molecule has 120 valence electrons. The van der Waals surface area contributed by atoms with Gasteiger partial charge in [0, 0.05) is 0 Å². The minimum Gasteiger partial charge on any atom is -0.485 e. The minimum atomic E-state index is -0.627. The quantitative estimate of drug-likeness (QED) is 0.946. The molecule has 1 heterocycles. The van der Waals surface area contributed by atoms with Gasteiger partial charge in [0.25, 0.3) is 5.91 Å². The van der Waals surface area contributed by atoms with Crippen molar-refractivity contribution in [2.24, 2.45) is 0 Å². The van der Waals surface area contributed by atoms with Crippen LogP contribution in [0.15, 0.2) is 42.5 Å². The highest BCUT2D eigenvalue weighted by molar-refractivity contribution is 5.82. The van der Waals surface area contributed by atoms with E-state index < -0.39 is 6.10 Å². The van der Waals surface area contributed by atoms with Crippen LogP contribution in [0.1, 0.15) is 29.7 Å². The number of benzene rings is 2. The van der Waals surface area contributed by atoms with Gasteiger partial charge in [0.1, 0.15) is 6.61 Å². The second kappa shape index (κ2) is 6.32. The third kappa shape index (κ3) is 3.31. The van der Waals surface area contributed by atoms with Gasteiger partial charge in [0.15, 0.2) is 11.5 Å². The Morgan fingerprint density at radius 1 is 1.17 bits per heavy atom. The van der Waals surface area contributed by atoms with Gasteiger partial charge < -0.3 is 14.8 Å². The summed E-state index contributed by atoms with van der Waals surface area (Å²) in [6.45, 7) is 6.32. The number of ether oxygens (including phenoxy) is 2. The fraction of sp³-hybridized carbons (Fsp3) is 0.316. The van der Waals surface area contributed by atoms with Crippen molar-refractivity contribution in [2.45, 2.75) is 32.9 Å². The predicted molar refractivity (Wildman–Crippen MR) is 88.8 cm³/mol. The molecule has 1 amide bonds. The van der Waals surface area contributed by atoms with Crippen LogP contribution in [-0.4, -0.2) is 18.6 Å². The van der Waals surface area contributed by atoms with Crippen LogP contribution in [-0.2, 0) is 4.79 Å². The maximum atomic E-state index is 12.5. The molecule has 0 aromatic heterocycles. The zero-order valence-electron chi connectivity index (χ0n) is 13.6. The number of carbonyl (C=O) groups is 1. The maximum absolute atomic E-state index is 12.5. The highest BCUT2D eigenvalue weighted by Gasteiger charge is 2.28. The normalized spacial score (nSPS) is 17.4. The molecule has 1 aliphatic heterocycles. The maximum Gasteiger partial charge on any atom is 0.265 e. The smallest absolute Gasteiger partial charge is 0.265 e. The first kappa shape index (κ1) is 15.4. The van der Waals surface area contributed by atoms with Crippen molar-refractivity contribution in [3.05, 3.63) is 59.2 Å². The molecule has 4 heteroatoms. The largest absolute Gasteiger partial charge is 0.485 e. The van der Waals surface area contributed by atoms with E-state index >= 15 is 0 Å². The second-order valence-electron chi connectivity index (χ2n) is 5.95. The van der Waals surface area contributed by atoms with Crippen LogP contribution in [0.2, 0.25) is 0 Å². The third-order valence-electron chi connectivity index (χ3n) is 4.05. The van der Waals surface area contributed by atoms with Crippen LogP contribution in [0, 0.1) is 13.8 Å². The molecule has 0 unspecified atom stereocenters. The molecule has 0 radical (unpaired) electrons. The molecule has 0 saturated carbocycles. The molecule has 3 rings (SSSR count). The average Bonchev–Trinajstić information content (AvgIpc) is 2.54. The van der Waals surface area contributed by atoms with E-state index in [-0.39, 0.29) is 18.6 Å². The van der Waals surface area contributed by atoms with Gasteiger partial charge >= 0.3 is 0 Å². The number of aryl methyl sites for hydroxylation is 2. The van der Waals surface area contributed by atoms with E-state index in [2.05, 4.69) is 37.4 Å². The number of hydrogen-bond donors (Lipinski definition) is 1. The summed E-state index contributed by atoms with van der Waals surface area (Å²) >= 11 is 0. The van der Waals surface area contributed by atoms with Crippen LogP contribution in [0.25, 0.3) is 0 Å². The van der Waals surface area contributed by atoms with Crippen LogP contribution >= 0.6 is 0 Å². The Morgan fingerprint density at radius 3 is 2.65 bits per heavy atom. The lowest BCUT2D eigenvalue weighted by Gasteiger charge is -2.27. The zero-order valence-corrected chi connectivity index (χ0v) is 13.6. The standard InChI is InChI=1S/C19H21NO3/c1-12-8-9-15(13(2)10-12)14(3)20-19(21)18-11-22-16-6-4-5-7-17(16)23-18/h4-10,14,18H,11H2,1-3H3,(H,20,21)/t14-,18+/m0/s1. The fourth-order valence-electron chi connectivity index (χ4n) is 2.84. The Hall–Kier alpha value is -2.49. The van der Waals surface area contributed by atoms with Crippen LogP contribution < -0.4 is 14.8 Å². The van der Waals surface area contributed by atoms with Gasteiger partial charge in [-0.3, -0.25) is 4.79 Å². The van der Waals surface area contributed by atoms with E-state index in [1.807, 2.05) is 31.2 Å². The summed E-state index contributed by atoms with van der Waals surface area (Å²) in [5.41, 5.74) is 3.50. The Balaban J connectivity index is 1.68. The topological polar surface area (TPSA) is 47.6 Å². The van der Waals surface area contributed by atoms with Crippen LogP contribution in [0.3, 0.4) is 0 Å². The molecule has 0 saturated heterocycles. The van der Waals surface area contributed by atoms with Gasteiger partial charge in [-0.1, -0.05) is 35.9 Å². The SMILES string of the molecule is Cc1ccc([C@H](C)NC(=O)[C@H]2COc3ccccc3O2)c(C)c1. The monoisotopic (exact) mass is 311 g/mol. The lowest BCUT2D eigenvalue weighted by Crippen LogP contribution is -2.44. The predicted octanol–water partition coefficient (Wildman–Crippen LogP) is 3.32. The summed E-state index contributed by atoms with van der Waals surface area (Å²) < 4.78 is 11.3. The van der Waals surface area contributed by atoms with E-state index in [4.69, 9.17) is 9.47 Å². The van der Waals surface area contributed by atoms with E-state index in [0.29, 0.717) is 11.5 Å². The first-order valence-electron chi connectivity index (χ1n) is 7.80. The average molecular weight is 311 g/mol. The van der Waals surface area contributed by atoms with Crippen molar-refractivity contribution in [1.29, 1.82) is 0 Å². The van der Waals surface area contributed by atoms with Crippen molar-refractivity contribution < 1.29 is 14.3 Å².